The molecular formula is C11H13ClN2S. The first-order valence-corrected chi connectivity index (χ1v) is 5.73. The number of nitrogens with one attached hydrogen (secondary N) is 1. The lowest BCUT2D eigenvalue weighted by atomic mass is 10.1. The molecule has 1 fully saturated rings. The molecule has 0 aliphatic heterocycles. The third kappa shape index (κ3) is 2.24. The van der Waals surface area contributed by atoms with Gasteiger partial charge in [-0.05, 0) is 24.5 Å². The molecule has 80 valence electrons. The summed E-state index contributed by atoms with van der Waals surface area (Å²) in [5.41, 5.74) is 7.36. The number of rotatable bonds is 3. The summed E-state index contributed by atoms with van der Waals surface area (Å²) in [6.07, 6.45) is 1.20. The molecule has 1 aromatic rings. The van der Waals surface area contributed by atoms with Crippen molar-refractivity contribution in [2.45, 2.75) is 19.4 Å². The molecule has 1 aliphatic rings. The maximum Gasteiger partial charge on any atom is 0.107 e. The van der Waals surface area contributed by atoms with Crippen LogP contribution in [0.25, 0.3) is 0 Å². The fourth-order valence-corrected chi connectivity index (χ4v) is 2.17. The first kappa shape index (κ1) is 10.7. The van der Waals surface area contributed by atoms with Gasteiger partial charge in [0, 0.05) is 11.7 Å². The average molecular weight is 241 g/mol. The summed E-state index contributed by atoms with van der Waals surface area (Å²) in [4.78, 5) is 0.344. The predicted octanol–water partition coefficient (Wildman–Crippen LogP) is 2.79. The molecule has 2 unspecified atom stereocenters. The molecule has 4 heteroatoms. The van der Waals surface area contributed by atoms with E-state index in [4.69, 9.17) is 29.6 Å². The summed E-state index contributed by atoms with van der Waals surface area (Å²) in [5, 5.41) is 4.02. The summed E-state index contributed by atoms with van der Waals surface area (Å²) in [5.74, 6) is 0.725. The van der Waals surface area contributed by atoms with Gasteiger partial charge >= 0.3 is 0 Å². The second-order valence-electron chi connectivity index (χ2n) is 3.99. The Balaban J connectivity index is 2.29. The molecule has 15 heavy (non-hydrogen) atoms. The Morgan fingerprint density at radius 2 is 2.27 bits per heavy atom. The van der Waals surface area contributed by atoms with Crippen molar-refractivity contribution in [2.24, 2.45) is 11.7 Å². The Morgan fingerprint density at radius 1 is 1.60 bits per heavy atom. The fraction of sp³-hybridized carbons (Fsp3) is 0.364. The van der Waals surface area contributed by atoms with Gasteiger partial charge in [-0.3, -0.25) is 0 Å². The van der Waals surface area contributed by atoms with Crippen LogP contribution in [0.15, 0.2) is 18.2 Å². The molecule has 0 bridgehead atoms. The van der Waals surface area contributed by atoms with Crippen molar-refractivity contribution in [3.05, 3.63) is 28.8 Å². The third-order valence-electron chi connectivity index (χ3n) is 2.71. The first-order chi connectivity index (χ1) is 7.09. The van der Waals surface area contributed by atoms with Crippen molar-refractivity contribution in [2.75, 3.05) is 5.32 Å². The zero-order chi connectivity index (χ0) is 11.0. The Hall–Kier alpha value is -0.800. The van der Waals surface area contributed by atoms with Gasteiger partial charge in [-0.15, -0.1) is 0 Å². The molecule has 2 rings (SSSR count). The minimum absolute atomic E-state index is 0.344. The molecule has 2 atom stereocenters. The third-order valence-corrected chi connectivity index (χ3v) is 3.23. The van der Waals surface area contributed by atoms with Crippen molar-refractivity contribution in [3.63, 3.8) is 0 Å². The van der Waals surface area contributed by atoms with Crippen molar-refractivity contribution >= 4 is 34.5 Å². The summed E-state index contributed by atoms with van der Waals surface area (Å²) >= 11 is 11.1. The zero-order valence-electron chi connectivity index (χ0n) is 8.46. The summed E-state index contributed by atoms with van der Waals surface area (Å²) in [7, 11) is 0. The molecule has 0 aromatic heterocycles. The Labute approximate surface area is 99.8 Å². The van der Waals surface area contributed by atoms with Crippen molar-refractivity contribution in [3.8, 4) is 0 Å². The van der Waals surface area contributed by atoms with Gasteiger partial charge < -0.3 is 11.1 Å². The topological polar surface area (TPSA) is 38.0 Å². The Morgan fingerprint density at radius 3 is 2.80 bits per heavy atom. The second-order valence-corrected chi connectivity index (χ2v) is 4.84. The molecule has 0 radical (unpaired) electrons. The minimum atomic E-state index is 0.344. The number of nitrogens with two attached hydrogens (primary N) is 1. The quantitative estimate of drug-likeness (QED) is 0.798. The molecule has 1 aliphatic carbocycles. The van der Waals surface area contributed by atoms with E-state index in [9.17, 15) is 0 Å². The molecular weight excluding hydrogens is 228 g/mol. The van der Waals surface area contributed by atoms with Gasteiger partial charge in [0.1, 0.15) is 4.99 Å². The number of anilines is 1. The van der Waals surface area contributed by atoms with Gasteiger partial charge in [0.15, 0.2) is 0 Å². The van der Waals surface area contributed by atoms with Crippen LogP contribution in [0, 0.1) is 5.92 Å². The fourth-order valence-electron chi connectivity index (χ4n) is 1.62. The number of halogens is 1. The molecule has 2 nitrogen and oxygen atoms in total. The minimum Gasteiger partial charge on any atom is -0.389 e. The molecule has 0 spiro atoms. The van der Waals surface area contributed by atoms with Crippen molar-refractivity contribution < 1.29 is 0 Å². The first-order valence-electron chi connectivity index (χ1n) is 4.94. The van der Waals surface area contributed by atoms with Crippen LogP contribution in [0.3, 0.4) is 0 Å². The molecule has 0 amide bonds. The summed E-state index contributed by atoms with van der Waals surface area (Å²) in [6.45, 7) is 2.21. The molecule has 3 N–H and O–H groups in total. The van der Waals surface area contributed by atoms with Crippen LogP contribution in [-0.4, -0.2) is 11.0 Å². The number of thiocarbonyl (C=S) groups is 1. The van der Waals surface area contributed by atoms with Crippen molar-refractivity contribution in [1.29, 1.82) is 0 Å². The van der Waals surface area contributed by atoms with Crippen molar-refractivity contribution in [1.82, 2.24) is 0 Å². The molecule has 0 heterocycles. The van der Waals surface area contributed by atoms with E-state index in [1.54, 1.807) is 6.07 Å². The predicted molar refractivity (Wildman–Crippen MR) is 68.5 cm³/mol. The van der Waals surface area contributed by atoms with E-state index < -0.39 is 0 Å². The van der Waals surface area contributed by atoms with E-state index in [1.165, 1.54) is 6.42 Å². The van der Waals surface area contributed by atoms with Crippen LogP contribution in [0.1, 0.15) is 18.9 Å². The van der Waals surface area contributed by atoms with E-state index in [0.717, 1.165) is 17.2 Å². The normalized spacial score (nSPS) is 23.6. The van der Waals surface area contributed by atoms with Crippen LogP contribution in [0.4, 0.5) is 5.69 Å². The van der Waals surface area contributed by atoms with Crippen LogP contribution in [-0.2, 0) is 0 Å². The van der Waals surface area contributed by atoms with Gasteiger partial charge in [-0.25, -0.2) is 0 Å². The van der Waals surface area contributed by atoms with E-state index in [2.05, 4.69) is 12.2 Å². The highest BCUT2D eigenvalue weighted by Gasteiger charge is 2.33. The SMILES string of the molecule is CC1CC1Nc1cccc(Cl)c1C(N)=S. The van der Waals surface area contributed by atoms with E-state index in [1.807, 2.05) is 12.1 Å². The molecule has 1 saturated carbocycles. The van der Waals surface area contributed by atoms with E-state index in [0.29, 0.717) is 16.1 Å². The average Bonchev–Trinajstić information content (AvgIpc) is 2.81. The largest absolute Gasteiger partial charge is 0.389 e. The monoisotopic (exact) mass is 240 g/mol. The van der Waals surface area contributed by atoms with Gasteiger partial charge in [-0.2, -0.15) is 0 Å². The number of hydrogen-bond donors (Lipinski definition) is 2. The molecule has 1 aromatic carbocycles. The van der Waals surface area contributed by atoms with E-state index in [-0.39, 0.29) is 0 Å². The second kappa shape index (κ2) is 3.99. The number of hydrogen-bond acceptors (Lipinski definition) is 2. The van der Waals surface area contributed by atoms with Crippen LogP contribution in [0.2, 0.25) is 5.02 Å². The summed E-state index contributed by atoms with van der Waals surface area (Å²) in [6, 6.07) is 6.21. The lowest BCUT2D eigenvalue weighted by Crippen LogP contribution is -2.15. The van der Waals surface area contributed by atoms with Gasteiger partial charge in [0.25, 0.3) is 0 Å². The standard InChI is InChI=1S/C11H13ClN2S/c1-6-5-9(6)14-8-4-2-3-7(12)10(8)11(13)15/h2-4,6,9,14H,5H2,1H3,(H2,13,15). The smallest absolute Gasteiger partial charge is 0.107 e. The maximum atomic E-state index is 6.06. The lowest BCUT2D eigenvalue weighted by Gasteiger charge is -2.12. The lowest BCUT2D eigenvalue weighted by molar-refractivity contribution is 0.929. The summed E-state index contributed by atoms with van der Waals surface area (Å²) < 4.78 is 0. The van der Waals surface area contributed by atoms with Gasteiger partial charge in [0.05, 0.1) is 10.6 Å². The van der Waals surface area contributed by atoms with Crippen LogP contribution < -0.4 is 11.1 Å². The Kier molecular flexibility index (Phi) is 2.85. The van der Waals surface area contributed by atoms with Crippen LogP contribution in [0.5, 0.6) is 0 Å². The highest BCUT2D eigenvalue weighted by Crippen LogP contribution is 2.35. The number of benzene rings is 1. The van der Waals surface area contributed by atoms with Crippen LogP contribution >= 0.6 is 23.8 Å². The highest BCUT2D eigenvalue weighted by atomic mass is 35.5. The maximum absolute atomic E-state index is 6.06. The van der Waals surface area contributed by atoms with E-state index >= 15 is 0 Å². The van der Waals surface area contributed by atoms with Gasteiger partial charge in [0.2, 0.25) is 0 Å². The highest BCUT2D eigenvalue weighted by molar-refractivity contribution is 7.80. The molecule has 0 saturated heterocycles. The zero-order valence-corrected chi connectivity index (χ0v) is 10.0. The van der Waals surface area contributed by atoms with Gasteiger partial charge in [-0.1, -0.05) is 36.8 Å². The Bertz CT molecular complexity index is 406.